The fraction of sp³-hybridized carbons (Fsp3) is 0.480. The Kier molecular flexibility index (Phi) is 11.1. The Balaban J connectivity index is 0.00000385. The summed E-state index contributed by atoms with van der Waals surface area (Å²) in [5.74, 6) is 2.87. The van der Waals surface area contributed by atoms with Gasteiger partial charge in [0.15, 0.2) is 17.5 Å². The molecular formula is C25H36IN3O4. The zero-order valence-electron chi connectivity index (χ0n) is 20.2. The molecule has 0 aliphatic carbocycles. The number of morpholine rings is 1. The Bertz CT molecular complexity index is 923. The quantitative estimate of drug-likeness (QED) is 0.292. The van der Waals surface area contributed by atoms with Gasteiger partial charge in [-0.25, -0.2) is 0 Å². The third kappa shape index (κ3) is 6.66. The SMILES string of the molecule is CCNC(=NCCc1ccc(OC)c(OC)c1OC)N1CCOC(c2ccccc2C)C1.I. The Hall–Kier alpha value is -2.20. The molecule has 0 radical (unpaired) electrons. The first-order valence-corrected chi connectivity index (χ1v) is 11.1. The van der Waals surface area contributed by atoms with Crippen molar-refractivity contribution in [2.45, 2.75) is 26.4 Å². The van der Waals surface area contributed by atoms with Crippen LogP contribution < -0.4 is 19.5 Å². The molecule has 7 nitrogen and oxygen atoms in total. The monoisotopic (exact) mass is 569 g/mol. The zero-order chi connectivity index (χ0) is 22.9. The van der Waals surface area contributed by atoms with Crippen LogP contribution >= 0.6 is 24.0 Å². The van der Waals surface area contributed by atoms with E-state index in [2.05, 4.69) is 48.3 Å². The number of nitrogens with zero attached hydrogens (tertiary/aromatic N) is 2. The van der Waals surface area contributed by atoms with Gasteiger partial charge in [-0.1, -0.05) is 30.3 Å². The molecule has 1 fully saturated rings. The lowest BCUT2D eigenvalue weighted by molar-refractivity contribution is -0.00832. The molecule has 1 saturated heterocycles. The molecular weight excluding hydrogens is 533 g/mol. The Morgan fingerprint density at radius 2 is 1.85 bits per heavy atom. The maximum atomic E-state index is 6.09. The number of benzene rings is 2. The van der Waals surface area contributed by atoms with Crippen LogP contribution in [0.1, 0.15) is 29.7 Å². The van der Waals surface area contributed by atoms with Crippen molar-refractivity contribution < 1.29 is 18.9 Å². The summed E-state index contributed by atoms with van der Waals surface area (Å²) < 4.78 is 22.6. The first-order valence-electron chi connectivity index (χ1n) is 11.1. The van der Waals surface area contributed by atoms with E-state index in [-0.39, 0.29) is 30.1 Å². The van der Waals surface area contributed by atoms with Gasteiger partial charge in [0, 0.05) is 25.2 Å². The highest BCUT2D eigenvalue weighted by atomic mass is 127. The van der Waals surface area contributed by atoms with E-state index in [1.54, 1.807) is 21.3 Å². The summed E-state index contributed by atoms with van der Waals surface area (Å²) in [7, 11) is 4.89. The van der Waals surface area contributed by atoms with E-state index in [0.717, 1.165) is 37.6 Å². The molecule has 0 amide bonds. The van der Waals surface area contributed by atoms with Gasteiger partial charge in [0.05, 0.1) is 34.5 Å². The lowest BCUT2D eigenvalue weighted by Crippen LogP contribution is -2.48. The normalized spacial score (nSPS) is 16.1. The second kappa shape index (κ2) is 13.5. The number of ether oxygens (including phenoxy) is 4. The predicted molar refractivity (Wildman–Crippen MR) is 143 cm³/mol. The highest BCUT2D eigenvalue weighted by molar-refractivity contribution is 14.0. The molecule has 3 rings (SSSR count). The van der Waals surface area contributed by atoms with Crippen LogP contribution in [0, 0.1) is 6.92 Å². The molecule has 1 heterocycles. The highest BCUT2D eigenvalue weighted by Crippen LogP contribution is 2.39. The number of methoxy groups -OCH3 is 3. The standard InChI is InChI=1S/C25H35N3O4.HI/c1-6-26-25(28-15-16-32-22(17-28)20-10-8-7-9-18(20)2)27-14-13-19-11-12-21(29-3)24(31-5)23(19)30-4;/h7-12,22H,6,13-17H2,1-5H3,(H,26,27);1H. The smallest absolute Gasteiger partial charge is 0.203 e. The minimum Gasteiger partial charge on any atom is -0.493 e. The maximum Gasteiger partial charge on any atom is 0.203 e. The molecule has 33 heavy (non-hydrogen) atoms. The maximum absolute atomic E-state index is 6.09. The van der Waals surface area contributed by atoms with Crippen LogP contribution in [0.2, 0.25) is 0 Å². The Labute approximate surface area is 214 Å². The van der Waals surface area contributed by atoms with E-state index in [4.69, 9.17) is 23.9 Å². The number of guanidine groups is 1. The number of hydrogen-bond acceptors (Lipinski definition) is 5. The van der Waals surface area contributed by atoms with Gasteiger partial charge < -0.3 is 29.2 Å². The van der Waals surface area contributed by atoms with Gasteiger partial charge in [0.25, 0.3) is 0 Å². The van der Waals surface area contributed by atoms with E-state index in [9.17, 15) is 0 Å². The molecule has 0 spiro atoms. The summed E-state index contributed by atoms with van der Waals surface area (Å²) in [6, 6.07) is 12.3. The molecule has 0 saturated carbocycles. The first-order chi connectivity index (χ1) is 15.6. The van der Waals surface area contributed by atoms with Crippen molar-refractivity contribution in [2.75, 3.05) is 54.1 Å². The summed E-state index contributed by atoms with van der Waals surface area (Å²) >= 11 is 0. The summed E-state index contributed by atoms with van der Waals surface area (Å²) in [6.07, 6.45) is 0.768. The van der Waals surface area contributed by atoms with Gasteiger partial charge in [-0.05, 0) is 37.5 Å². The zero-order valence-corrected chi connectivity index (χ0v) is 22.6. The second-order valence-electron chi connectivity index (χ2n) is 7.64. The van der Waals surface area contributed by atoms with Crippen molar-refractivity contribution in [3.05, 3.63) is 53.1 Å². The predicted octanol–water partition coefficient (Wildman–Crippen LogP) is 4.22. The largest absolute Gasteiger partial charge is 0.493 e. The molecule has 0 bridgehead atoms. The van der Waals surface area contributed by atoms with Crippen molar-refractivity contribution in [3.8, 4) is 17.2 Å². The molecule has 2 aromatic rings. The van der Waals surface area contributed by atoms with Crippen molar-refractivity contribution in [3.63, 3.8) is 0 Å². The third-order valence-corrected chi connectivity index (χ3v) is 5.66. The van der Waals surface area contributed by atoms with Crippen LogP contribution in [0.4, 0.5) is 0 Å². The molecule has 1 atom stereocenters. The van der Waals surface area contributed by atoms with Crippen LogP contribution in [0.25, 0.3) is 0 Å². The summed E-state index contributed by atoms with van der Waals surface area (Å²) in [6.45, 7) is 7.92. The third-order valence-electron chi connectivity index (χ3n) is 5.66. The van der Waals surface area contributed by atoms with E-state index < -0.39 is 0 Å². The van der Waals surface area contributed by atoms with E-state index in [0.29, 0.717) is 30.4 Å². The van der Waals surface area contributed by atoms with Crippen molar-refractivity contribution in [2.24, 2.45) is 4.99 Å². The first kappa shape index (κ1) is 27.0. The summed E-state index contributed by atoms with van der Waals surface area (Å²) in [4.78, 5) is 7.19. The highest BCUT2D eigenvalue weighted by Gasteiger charge is 2.25. The molecule has 1 unspecified atom stereocenters. The topological polar surface area (TPSA) is 64.6 Å². The second-order valence-corrected chi connectivity index (χ2v) is 7.64. The van der Waals surface area contributed by atoms with Gasteiger partial charge in [0.1, 0.15) is 6.10 Å². The van der Waals surface area contributed by atoms with E-state index >= 15 is 0 Å². The van der Waals surface area contributed by atoms with Gasteiger partial charge in [-0.15, -0.1) is 24.0 Å². The van der Waals surface area contributed by atoms with Crippen LogP contribution in [-0.2, 0) is 11.2 Å². The van der Waals surface area contributed by atoms with Gasteiger partial charge >= 0.3 is 0 Å². The number of aryl methyl sites for hydroxylation is 1. The number of aliphatic imine (C=N–C) groups is 1. The molecule has 8 heteroatoms. The van der Waals surface area contributed by atoms with Gasteiger partial charge in [0.2, 0.25) is 5.75 Å². The average Bonchev–Trinajstić information content (AvgIpc) is 2.83. The molecule has 0 aromatic heterocycles. The van der Waals surface area contributed by atoms with Crippen LogP contribution in [0.15, 0.2) is 41.4 Å². The molecule has 1 aliphatic heterocycles. The summed E-state index contributed by atoms with van der Waals surface area (Å²) in [5.41, 5.74) is 3.52. The van der Waals surface area contributed by atoms with Crippen molar-refractivity contribution >= 4 is 29.9 Å². The lowest BCUT2D eigenvalue weighted by atomic mass is 10.0. The number of hydrogen-bond donors (Lipinski definition) is 1. The average molecular weight is 569 g/mol. The Morgan fingerprint density at radius 3 is 2.52 bits per heavy atom. The summed E-state index contributed by atoms with van der Waals surface area (Å²) in [5, 5.41) is 3.44. The van der Waals surface area contributed by atoms with Gasteiger partial charge in [-0.3, -0.25) is 4.99 Å². The van der Waals surface area contributed by atoms with Crippen molar-refractivity contribution in [1.29, 1.82) is 0 Å². The Morgan fingerprint density at radius 1 is 1.09 bits per heavy atom. The fourth-order valence-electron chi connectivity index (χ4n) is 4.05. The van der Waals surface area contributed by atoms with E-state index in [1.165, 1.54) is 11.1 Å². The number of nitrogens with one attached hydrogen (secondary N) is 1. The number of rotatable bonds is 8. The minimum absolute atomic E-state index is 0. The molecule has 1 aliphatic rings. The van der Waals surface area contributed by atoms with E-state index in [1.807, 2.05) is 12.1 Å². The lowest BCUT2D eigenvalue weighted by Gasteiger charge is -2.35. The molecule has 1 N–H and O–H groups in total. The van der Waals surface area contributed by atoms with Gasteiger partial charge in [-0.2, -0.15) is 0 Å². The molecule has 2 aromatic carbocycles. The van der Waals surface area contributed by atoms with Crippen LogP contribution in [-0.4, -0.2) is 65.0 Å². The van der Waals surface area contributed by atoms with Crippen LogP contribution in [0.5, 0.6) is 17.2 Å². The number of halogens is 1. The fourth-order valence-corrected chi connectivity index (χ4v) is 4.05. The minimum atomic E-state index is 0. The molecule has 182 valence electrons. The van der Waals surface area contributed by atoms with Crippen molar-refractivity contribution in [1.82, 2.24) is 10.2 Å². The van der Waals surface area contributed by atoms with Crippen LogP contribution in [0.3, 0.4) is 0 Å².